The molecule has 3 aromatic rings. The molecular weight excluding hydrogens is 406 g/mol. The van der Waals surface area contributed by atoms with Crippen molar-refractivity contribution in [1.82, 2.24) is 24.4 Å². The van der Waals surface area contributed by atoms with Gasteiger partial charge in [0.2, 0.25) is 0 Å². The van der Waals surface area contributed by atoms with Crippen LogP contribution < -0.4 is 0 Å². The van der Waals surface area contributed by atoms with Gasteiger partial charge in [0.15, 0.2) is 5.65 Å². The highest BCUT2D eigenvalue weighted by atomic mass is 35.5. The Balaban J connectivity index is 1.49. The number of ether oxygens (including phenoxy) is 1. The molecule has 1 aliphatic heterocycles. The summed E-state index contributed by atoms with van der Waals surface area (Å²) in [5.41, 5.74) is 1.84. The van der Waals surface area contributed by atoms with E-state index in [-0.39, 0.29) is 11.9 Å². The van der Waals surface area contributed by atoms with Gasteiger partial charge in [-0.25, -0.2) is 14.3 Å². The SMILES string of the molecule is CCOC(=O)[C@H](c1ccc(Cl)cc1)N1CCN(C(=O)c2cnn3cccnc23)CC1. The van der Waals surface area contributed by atoms with E-state index in [9.17, 15) is 9.59 Å². The van der Waals surface area contributed by atoms with Crippen molar-refractivity contribution in [2.45, 2.75) is 13.0 Å². The van der Waals surface area contributed by atoms with E-state index in [1.807, 2.05) is 17.0 Å². The summed E-state index contributed by atoms with van der Waals surface area (Å²) in [5.74, 6) is -0.408. The predicted octanol–water partition coefficient (Wildman–Crippen LogP) is 2.44. The molecule has 0 unspecified atom stereocenters. The van der Waals surface area contributed by atoms with Crippen molar-refractivity contribution < 1.29 is 14.3 Å². The predicted molar refractivity (Wildman–Crippen MR) is 111 cm³/mol. The van der Waals surface area contributed by atoms with E-state index >= 15 is 0 Å². The van der Waals surface area contributed by atoms with Crippen molar-refractivity contribution >= 4 is 29.1 Å². The van der Waals surface area contributed by atoms with Crippen LogP contribution in [-0.2, 0) is 9.53 Å². The summed E-state index contributed by atoms with van der Waals surface area (Å²) in [4.78, 5) is 33.8. The molecule has 3 heterocycles. The van der Waals surface area contributed by atoms with Crippen LogP contribution in [0.15, 0.2) is 48.9 Å². The number of carbonyl (C=O) groups is 2. The van der Waals surface area contributed by atoms with Crippen LogP contribution in [-0.4, -0.2) is 69.1 Å². The van der Waals surface area contributed by atoms with Crippen molar-refractivity contribution in [2.75, 3.05) is 32.8 Å². The lowest BCUT2D eigenvalue weighted by Crippen LogP contribution is -2.51. The van der Waals surface area contributed by atoms with Crippen LogP contribution in [0.4, 0.5) is 0 Å². The number of nitrogens with zero attached hydrogens (tertiary/aromatic N) is 5. The monoisotopic (exact) mass is 427 g/mol. The third-order valence-corrected chi connectivity index (χ3v) is 5.42. The highest BCUT2D eigenvalue weighted by molar-refractivity contribution is 6.30. The van der Waals surface area contributed by atoms with Crippen LogP contribution in [0.2, 0.25) is 5.02 Å². The summed E-state index contributed by atoms with van der Waals surface area (Å²) >= 11 is 6.00. The van der Waals surface area contributed by atoms with Crippen molar-refractivity contribution in [3.05, 3.63) is 65.1 Å². The number of halogens is 1. The Bertz CT molecular complexity index is 1040. The van der Waals surface area contributed by atoms with Gasteiger partial charge in [0.05, 0.1) is 12.8 Å². The van der Waals surface area contributed by atoms with Gasteiger partial charge in [0.1, 0.15) is 11.6 Å². The van der Waals surface area contributed by atoms with Gasteiger partial charge in [-0.15, -0.1) is 0 Å². The molecule has 0 radical (unpaired) electrons. The topological polar surface area (TPSA) is 80.0 Å². The standard InChI is InChI=1S/C21H22ClN5O3/c1-2-30-21(29)18(15-4-6-16(22)7-5-15)25-10-12-26(13-11-25)20(28)17-14-24-27-9-3-8-23-19(17)27/h3-9,14,18H,2,10-13H2,1H3/t18-/m0/s1. The number of piperazine rings is 1. The molecule has 30 heavy (non-hydrogen) atoms. The summed E-state index contributed by atoms with van der Waals surface area (Å²) in [6.07, 6.45) is 4.95. The summed E-state index contributed by atoms with van der Waals surface area (Å²) in [7, 11) is 0. The normalized spacial score (nSPS) is 15.9. The van der Waals surface area contributed by atoms with E-state index in [4.69, 9.17) is 16.3 Å². The summed E-state index contributed by atoms with van der Waals surface area (Å²) < 4.78 is 6.89. The molecule has 4 rings (SSSR count). The molecule has 0 saturated carbocycles. The number of fused-ring (bicyclic) bond motifs is 1. The smallest absolute Gasteiger partial charge is 0.328 e. The first-order valence-electron chi connectivity index (χ1n) is 9.82. The molecule has 9 heteroatoms. The minimum Gasteiger partial charge on any atom is -0.465 e. The fourth-order valence-electron chi connectivity index (χ4n) is 3.69. The van der Waals surface area contributed by atoms with Crippen LogP contribution in [0.5, 0.6) is 0 Å². The van der Waals surface area contributed by atoms with Crippen LogP contribution in [0, 0.1) is 0 Å². The van der Waals surface area contributed by atoms with Crippen molar-refractivity contribution in [3.8, 4) is 0 Å². The Morgan fingerprint density at radius 1 is 1.17 bits per heavy atom. The second-order valence-corrected chi connectivity index (χ2v) is 7.42. The molecule has 0 N–H and O–H groups in total. The molecule has 1 fully saturated rings. The maximum atomic E-state index is 13.0. The lowest BCUT2D eigenvalue weighted by atomic mass is 10.0. The second kappa shape index (κ2) is 8.81. The minimum absolute atomic E-state index is 0.109. The molecule has 156 valence electrons. The lowest BCUT2D eigenvalue weighted by Gasteiger charge is -2.38. The zero-order valence-corrected chi connectivity index (χ0v) is 17.3. The van der Waals surface area contributed by atoms with Gasteiger partial charge < -0.3 is 9.64 Å². The number of hydrogen-bond donors (Lipinski definition) is 0. The molecule has 0 aliphatic carbocycles. The zero-order chi connectivity index (χ0) is 21.1. The fraction of sp³-hybridized carbons (Fsp3) is 0.333. The van der Waals surface area contributed by atoms with E-state index in [0.717, 1.165) is 5.56 Å². The minimum atomic E-state index is -0.530. The molecule has 2 aromatic heterocycles. The summed E-state index contributed by atoms with van der Waals surface area (Å²) in [6.45, 7) is 4.18. The summed E-state index contributed by atoms with van der Waals surface area (Å²) in [6, 6.07) is 8.44. The van der Waals surface area contributed by atoms with Crippen LogP contribution in [0.25, 0.3) is 5.65 Å². The average Bonchev–Trinajstić information content (AvgIpc) is 3.20. The van der Waals surface area contributed by atoms with Gasteiger partial charge in [-0.3, -0.25) is 9.69 Å². The van der Waals surface area contributed by atoms with Gasteiger partial charge in [-0.05, 0) is 30.7 Å². The first-order valence-corrected chi connectivity index (χ1v) is 10.2. The number of benzene rings is 1. The molecular formula is C21H22ClN5O3. The Morgan fingerprint density at radius 3 is 2.60 bits per heavy atom. The van der Waals surface area contributed by atoms with Gasteiger partial charge in [0, 0.05) is 43.6 Å². The maximum Gasteiger partial charge on any atom is 0.328 e. The first-order chi connectivity index (χ1) is 14.6. The number of amides is 1. The number of rotatable bonds is 5. The van der Waals surface area contributed by atoms with E-state index in [1.54, 1.807) is 53.1 Å². The summed E-state index contributed by atoms with van der Waals surface area (Å²) in [5, 5.41) is 4.80. The molecule has 8 nitrogen and oxygen atoms in total. The fourth-order valence-corrected chi connectivity index (χ4v) is 3.82. The maximum absolute atomic E-state index is 13.0. The van der Waals surface area contributed by atoms with Crippen LogP contribution in [0.3, 0.4) is 0 Å². The molecule has 0 bridgehead atoms. The Hall–Kier alpha value is -2.97. The molecule has 1 amide bonds. The van der Waals surface area contributed by atoms with Gasteiger partial charge in [-0.2, -0.15) is 5.10 Å². The Kier molecular flexibility index (Phi) is 5.96. The third kappa shape index (κ3) is 4.01. The lowest BCUT2D eigenvalue weighted by molar-refractivity contribution is -0.150. The van der Waals surface area contributed by atoms with Crippen molar-refractivity contribution in [2.24, 2.45) is 0 Å². The van der Waals surface area contributed by atoms with E-state index in [0.29, 0.717) is 49.0 Å². The van der Waals surface area contributed by atoms with Gasteiger partial charge in [0.25, 0.3) is 5.91 Å². The number of aromatic nitrogens is 3. The Morgan fingerprint density at radius 2 is 1.90 bits per heavy atom. The van der Waals surface area contributed by atoms with Crippen molar-refractivity contribution in [1.29, 1.82) is 0 Å². The van der Waals surface area contributed by atoms with E-state index < -0.39 is 6.04 Å². The Labute approximate surface area is 179 Å². The van der Waals surface area contributed by atoms with Crippen LogP contribution in [0.1, 0.15) is 28.9 Å². The zero-order valence-electron chi connectivity index (χ0n) is 16.6. The number of esters is 1. The van der Waals surface area contributed by atoms with Gasteiger partial charge >= 0.3 is 5.97 Å². The molecule has 1 saturated heterocycles. The number of hydrogen-bond acceptors (Lipinski definition) is 6. The average molecular weight is 428 g/mol. The molecule has 1 atom stereocenters. The quantitative estimate of drug-likeness (QED) is 0.582. The van der Waals surface area contributed by atoms with Crippen molar-refractivity contribution in [3.63, 3.8) is 0 Å². The second-order valence-electron chi connectivity index (χ2n) is 6.98. The number of carbonyl (C=O) groups excluding carboxylic acids is 2. The van der Waals surface area contributed by atoms with Crippen LogP contribution >= 0.6 is 11.6 Å². The van der Waals surface area contributed by atoms with E-state index in [1.165, 1.54) is 0 Å². The molecule has 0 spiro atoms. The molecule has 1 aliphatic rings. The third-order valence-electron chi connectivity index (χ3n) is 5.17. The van der Waals surface area contributed by atoms with Gasteiger partial charge in [-0.1, -0.05) is 23.7 Å². The van der Waals surface area contributed by atoms with E-state index in [2.05, 4.69) is 10.1 Å². The highest BCUT2D eigenvalue weighted by Crippen LogP contribution is 2.26. The largest absolute Gasteiger partial charge is 0.465 e. The molecule has 1 aromatic carbocycles. The highest BCUT2D eigenvalue weighted by Gasteiger charge is 2.33. The first kappa shape index (κ1) is 20.3.